The summed E-state index contributed by atoms with van der Waals surface area (Å²) in [7, 11) is 0. The molecule has 1 aromatic rings. The number of thioether (sulfide) groups is 1. The molecule has 0 heterocycles. The zero-order valence-corrected chi connectivity index (χ0v) is 11.4. The van der Waals surface area contributed by atoms with E-state index in [0.29, 0.717) is 11.8 Å². The minimum atomic E-state index is 0.00361. The molecule has 0 aliphatic rings. The van der Waals surface area contributed by atoms with Crippen LogP contribution in [-0.2, 0) is 4.79 Å². The van der Waals surface area contributed by atoms with E-state index >= 15 is 0 Å². The second-order valence-electron chi connectivity index (χ2n) is 4.09. The van der Waals surface area contributed by atoms with Crippen LogP contribution in [0.3, 0.4) is 0 Å². The molecule has 0 aliphatic carbocycles. The molecule has 0 fully saturated rings. The van der Waals surface area contributed by atoms with Gasteiger partial charge >= 0.3 is 0 Å². The zero-order valence-electron chi connectivity index (χ0n) is 10.6. The molecule has 4 heteroatoms. The van der Waals surface area contributed by atoms with Gasteiger partial charge in [0.05, 0.1) is 6.54 Å². The van der Waals surface area contributed by atoms with Gasteiger partial charge in [0.2, 0.25) is 5.91 Å². The Bertz CT molecular complexity index is 368. The van der Waals surface area contributed by atoms with E-state index < -0.39 is 0 Å². The maximum atomic E-state index is 11.6. The third kappa shape index (κ3) is 5.75. The van der Waals surface area contributed by atoms with E-state index in [1.54, 1.807) is 11.8 Å². The Balaban J connectivity index is 2.30. The molecule has 0 radical (unpaired) electrons. The molecule has 1 aromatic carbocycles. The lowest BCUT2D eigenvalue weighted by atomic mass is 10.2. The van der Waals surface area contributed by atoms with Gasteiger partial charge in [-0.3, -0.25) is 4.79 Å². The number of hydrogen-bond donors (Lipinski definition) is 2. The van der Waals surface area contributed by atoms with Gasteiger partial charge in [-0.25, -0.2) is 0 Å². The minimum absolute atomic E-state index is 0.00361. The van der Waals surface area contributed by atoms with Gasteiger partial charge in [0.25, 0.3) is 0 Å². The van der Waals surface area contributed by atoms with E-state index in [-0.39, 0.29) is 5.91 Å². The SMILES string of the molecule is CSC(C)CNCC(=O)Nc1cccc(C)c1. The summed E-state index contributed by atoms with van der Waals surface area (Å²) in [5, 5.41) is 6.53. The molecule has 17 heavy (non-hydrogen) atoms. The Hall–Kier alpha value is -1.00. The van der Waals surface area contributed by atoms with Gasteiger partial charge in [-0.1, -0.05) is 19.1 Å². The molecule has 0 aliphatic heterocycles. The summed E-state index contributed by atoms with van der Waals surface area (Å²) in [5.41, 5.74) is 2.00. The van der Waals surface area contributed by atoms with E-state index in [1.165, 1.54) is 0 Å². The van der Waals surface area contributed by atoms with E-state index in [2.05, 4.69) is 23.8 Å². The molecule has 3 nitrogen and oxygen atoms in total. The van der Waals surface area contributed by atoms with Crippen LogP contribution in [0.4, 0.5) is 5.69 Å². The molecule has 1 rings (SSSR count). The monoisotopic (exact) mass is 252 g/mol. The zero-order chi connectivity index (χ0) is 12.7. The molecular weight excluding hydrogens is 232 g/mol. The highest BCUT2D eigenvalue weighted by Gasteiger charge is 2.03. The van der Waals surface area contributed by atoms with Crippen LogP contribution < -0.4 is 10.6 Å². The van der Waals surface area contributed by atoms with Crippen molar-refractivity contribution in [3.05, 3.63) is 29.8 Å². The molecule has 0 aromatic heterocycles. The maximum Gasteiger partial charge on any atom is 0.238 e. The lowest BCUT2D eigenvalue weighted by Crippen LogP contribution is -2.31. The fourth-order valence-corrected chi connectivity index (χ4v) is 1.68. The number of hydrogen-bond acceptors (Lipinski definition) is 3. The minimum Gasteiger partial charge on any atom is -0.325 e. The van der Waals surface area contributed by atoms with Gasteiger partial charge in [0.15, 0.2) is 0 Å². The van der Waals surface area contributed by atoms with Crippen LogP contribution in [0.15, 0.2) is 24.3 Å². The van der Waals surface area contributed by atoms with Crippen molar-refractivity contribution in [2.45, 2.75) is 19.1 Å². The molecule has 0 saturated heterocycles. The molecule has 2 N–H and O–H groups in total. The van der Waals surface area contributed by atoms with Crippen LogP contribution in [0.1, 0.15) is 12.5 Å². The summed E-state index contributed by atoms with van der Waals surface area (Å²) >= 11 is 1.79. The normalized spacial score (nSPS) is 12.2. The smallest absolute Gasteiger partial charge is 0.238 e. The lowest BCUT2D eigenvalue weighted by Gasteiger charge is -2.10. The van der Waals surface area contributed by atoms with E-state index in [1.807, 2.05) is 31.2 Å². The molecule has 1 amide bonds. The van der Waals surface area contributed by atoms with Crippen LogP contribution in [0.25, 0.3) is 0 Å². The third-order valence-corrected chi connectivity index (χ3v) is 3.39. The first kappa shape index (κ1) is 14.1. The molecule has 1 atom stereocenters. The summed E-state index contributed by atoms with van der Waals surface area (Å²) in [6.45, 7) is 5.35. The van der Waals surface area contributed by atoms with Gasteiger partial charge in [-0.15, -0.1) is 0 Å². The molecule has 0 spiro atoms. The van der Waals surface area contributed by atoms with Gasteiger partial charge in [0.1, 0.15) is 0 Å². The highest BCUT2D eigenvalue weighted by molar-refractivity contribution is 7.99. The highest BCUT2D eigenvalue weighted by Crippen LogP contribution is 2.09. The predicted octanol–water partition coefficient (Wildman–Crippen LogP) is 2.27. The Labute approximate surface area is 107 Å². The Morgan fingerprint density at radius 1 is 1.47 bits per heavy atom. The first-order valence-corrected chi connectivity index (χ1v) is 7.00. The van der Waals surface area contributed by atoms with Gasteiger partial charge in [0, 0.05) is 17.5 Å². The van der Waals surface area contributed by atoms with Gasteiger partial charge in [-0.2, -0.15) is 11.8 Å². The number of anilines is 1. The largest absolute Gasteiger partial charge is 0.325 e. The van der Waals surface area contributed by atoms with Crippen LogP contribution in [0, 0.1) is 6.92 Å². The summed E-state index contributed by atoms with van der Waals surface area (Å²) in [5.74, 6) is 0.00361. The van der Waals surface area contributed by atoms with E-state index in [0.717, 1.165) is 17.8 Å². The molecule has 1 unspecified atom stereocenters. The first-order valence-electron chi connectivity index (χ1n) is 5.72. The van der Waals surface area contributed by atoms with Gasteiger partial charge in [-0.05, 0) is 30.9 Å². The van der Waals surface area contributed by atoms with Crippen LogP contribution in [0.5, 0.6) is 0 Å². The average Bonchev–Trinajstić information content (AvgIpc) is 2.28. The molecular formula is C13H20N2OS. The number of aryl methyl sites for hydroxylation is 1. The fourth-order valence-electron chi connectivity index (χ4n) is 1.40. The van der Waals surface area contributed by atoms with Crippen molar-refractivity contribution in [3.8, 4) is 0 Å². The average molecular weight is 252 g/mol. The number of carbonyl (C=O) groups is 1. The summed E-state index contributed by atoms with van der Waals surface area (Å²) in [4.78, 5) is 11.6. The van der Waals surface area contributed by atoms with E-state index in [9.17, 15) is 4.79 Å². The Morgan fingerprint density at radius 2 is 2.24 bits per heavy atom. The van der Waals surface area contributed by atoms with Crippen LogP contribution >= 0.6 is 11.8 Å². The predicted molar refractivity (Wildman–Crippen MR) is 75.7 cm³/mol. The van der Waals surface area contributed by atoms with Crippen molar-refractivity contribution in [2.75, 3.05) is 24.7 Å². The number of nitrogens with one attached hydrogen (secondary N) is 2. The topological polar surface area (TPSA) is 41.1 Å². The van der Waals surface area contributed by atoms with Crippen molar-refractivity contribution < 1.29 is 4.79 Å². The van der Waals surface area contributed by atoms with E-state index in [4.69, 9.17) is 0 Å². The standard InChI is InChI=1S/C13H20N2OS/c1-10-5-4-6-12(7-10)15-13(16)9-14-8-11(2)17-3/h4-7,11,14H,8-9H2,1-3H3,(H,15,16). The first-order chi connectivity index (χ1) is 8.11. The molecule has 0 saturated carbocycles. The lowest BCUT2D eigenvalue weighted by molar-refractivity contribution is -0.115. The summed E-state index contributed by atoms with van der Waals surface area (Å²) in [6, 6.07) is 7.81. The fraction of sp³-hybridized carbons (Fsp3) is 0.462. The number of benzene rings is 1. The molecule has 0 bridgehead atoms. The number of amides is 1. The Kier molecular flexibility index (Phi) is 6.08. The van der Waals surface area contributed by atoms with Crippen molar-refractivity contribution in [3.63, 3.8) is 0 Å². The molecule has 94 valence electrons. The van der Waals surface area contributed by atoms with Crippen molar-refractivity contribution >= 4 is 23.4 Å². The summed E-state index contributed by atoms with van der Waals surface area (Å²) < 4.78 is 0. The Morgan fingerprint density at radius 3 is 2.88 bits per heavy atom. The maximum absolute atomic E-state index is 11.6. The highest BCUT2D eigenvalue weighted by atomic mass is 32.2. The van der Waals surface area contributed by atoms with Crippen LogP contribution in [0.2, 0.25) is 0 Å². The second kappa shape index (κ2) is 7.35. The van der Waals surface area contributed by atoms with Crippen molar-refractivity contribution in [1.29, 1.82) is 0 Å². The van der Waals surface area contributed by atoms with Crippen LogP contribution in [-0.4, -0.2) is 30.5 Å². The number of rotatable bonds is 6. The quantitative estimate of drug-likeness (QED) is 0.816. The van der Waals surface area contributed by atoms with Crippen molar-refractivity contribution in [1.82, 2.24) is 5.32 Å². The number of carbonyl (C=O) groups excluding carboxylic acids is 1. The van der Waals surface area contributed by atoms with Gasteiger partial charge < -0.3 is 10.6 Å². The second-order valence-corrected chi connectivity index (χ2v) is 5.37. The third-order valence-electron chi connectivity index (χ3n) is 2.42. The summed E-state index contributed by atoms with van der Waals surface area (Å²) in [6.07, 6.45) is 2.07. The van der Waals surface area contributed by atoms with Crippen molar-refractivity contribution in [2.24, 2.45) is 0 Å².